The van der Waals surface area contributed by atoms with Gasteiger partial charge >= 0.3 is 12.4 Å². The standard InChI is InChI=1S/C29H21F6N.C14H13N3/c1-16-4-9-22-23-10-5-17(2)13-27(23)36(26(22)12-16)25-14-19(7-6-18(25)3)21-11-8-20(28(30,31)32)15-24(21)29(33,34)35;15-13(11-7-3-1-4-8-11)17-14(16)12-9-5-2-6-10-12/h4-15H,1-3H3;1-10H,(H3,15,16,17). The van der Waals surface area contributed by atoms with Gasteiger partial charge in [0.25, 0.3) is 0 Å². The molecule has 0 aliphatic rings. The number of nitrogens with two attached hydrogens (primary N) is 1. The zero-order valence-corrected chi connectivity index (χ0v) is 28.9. The Morgan fingerprint density at radius 1 is 0.604 bits per heavy atom. The van der Waals surface area contributed by atoms with Gasteiger partial charge < -0.3 is 10.3 Å². The maximum atomic E-state index is 13.9. The number of nitrogens with one attached hydrogen (secondary N) is 1. The molecule has 1 aromatic heterocycles. The zero-order valence-electron chi connectivity index (χ0n) is 28.9. The molecule has 10 heteroatoms. The molecule has 1 heterocycles. The van der Waals surface area contributed by atoms with E-state index in [1.807, 2.05) is 122 Å². The summed E-state index contributed by atoms with van der Waals surface area (Å²) in [6.45, 7) is 5.79. The van der Waals surface area contributed by atoms with Crippen LogP contribution in [0.4, 0.5) is 26.3 Å². The number of hydrogen-bond donors (Lipinski definition) is 2. The number of benzene rings is 6. The molecule has 0 saturated heterocycles. The van der Waals surface area contributed by atoms with Gasteiger partial charge in [-0.05, 0) is 78.9 Å². The summed E-state index contributed by atoms with van der Waals surface area (Å²) in [6.07, 6.45) is -9.83. The van der Waals surface area contributed by atoms with Crippen LogP contribution in [0.2, 0.25) is 0 Å². The van der Waals surface area contributed by atoms with Gasteiger partial charge in [-0.25, -0.2) is 4.99 Å². The van der Waals surface area contributed by atoms with Crippen molar-refractivity contribution in [1.82, 2.24) is 4.57 Å². The molecule has 0 spiro atoms. The molecular weight excluding hydrogens is 686 g/mol. The highest BCUT2D eigenvalue weighted by Gasteiger charge is 2.38. The third kappa shape index (κ3) is 7.86. The SMILES string of the molecule is Cc1ccc2c3ccc(C)cc3n(-c3cc(-c4ccc(C(F)(F)F)cc4C(F)(F)F)ccc3C)c2c1.N=C(N=C(N)c1ccccc1)c1ccccc1. The molecular formula is C43H34F6N4. The molecule has 0 bridgehead atoms. The number of fused-ring (bicyclic) bond motifs is 3. The van der Waals surface area contributed by atoms with E-state index in [-0.39, 0.29) is 23.0 Å². The first kappa shape index (κ1) is 36.6. The molecule has 4 nitrogen and oxygen atoms in total. The molecule has 0 aliphatic carbocycles. The molecule has 268 valence electrons. The molecule has 53 heavy (non-hydrogen) atoms. The second-order valence-electron chi connectivity index (χ2n) is 12.7. The van der Waals surface area contributed by atoms with Gasteiger partial charge in [0.15, 0.2) is 5.84 Å². The molecule has 0 unspecified atom stereocenters. The molecule has 7 rings (SSSR count). The van der Waals surface area contributed by atoms with E-state index in [0.29, 0.717) is 17.6 Å². The minimum absolute atomic E-state index is 0.173. The first-order valence-corrected chi connectivity index (χ1v) is 16.6. The predicted molar refractivity (Wildman–Crippen MR) is 201 cm³/mol. The van der Waals surface area contributed by atoms with Crippen LogP contribution in [-0.4, -0.2) is 16.2 Å². The van der Waals surface area contributed by atoms with Crippen molar-refractivity contribution >= 4 is 33.5 Å². The van der Waals surface area contributed by atoms with Crippen LogP contribution in [0.5, 0.6) is 0 Å². The highest BCUT2D eigenvalue weighted by molar-refractivity contribution is 6.10. The van der Waals surface area contributed by atoms with Crippen LogP contribution < -0.4 is 5.73 Å². The van der Waals surface area contributed by atoms with Gasteiger partial charge in [0.2, 0.25) is 0 Å². The van der Waals surface area contributed by atoms with Crippen molar-refractivity contribution in [3.63, 3.8) is 0 Å². The lowest BCUT2D eigenvalue weighted by Gasteiger charge is -2.18. The van der Waals surface area contributed by atoms with Crippen molar-refractivity contribution in [2.45, 2.75) is 33.1 Å². The molecule has 0 amide bonds. The Bertz CT molecular complexity index is 2420. The van der Waals surface area contributed by atoms with Crippen LogP contribution >= 0.6 is 0 Å². The number of aromatic nitrogens is 1. The number of alkyl halides is 6. The van der Waals surface area contributed by atoms with Crippen LogP contribution in [-0.2, 0) is 12.4 Å². The molecule has 0 saturated carbocycles. The van der Waals surface area contributed by atoms with Gasteiger partial charge in [-0.15, -0.1) is 0 Å². The quantitative estimate of drug-likeness (QED) is 0.106. The van der Waals surface area contributed by atoms with Crippen LogP contribution in [0, 0.1) is 26.2 Å². The van der Waals surface area contributed by atoms with Crippen molar-refractivity contribution in [2.24, 2.45) is 10.7 Å². The monoisotopic (exact) mass is 720 g/mol. The fourth-order valence-corrected chi connectivity index (χ4v) is 6.18. The number of rotatable bonds is 4. The van der Waals surface area contributed by atoms with E-state index >= 15 is 0 Å². The lowest BCUT2D eigenvalue weighted by molar-refractivity contribution is -0.142. The topological polar surface area (TPSA) is 67.2 Å². The molecule has 6 aromatic carbocycles. The lowest BCUT2D eigenvalue weighted by atomic mass is 9.95. The van der Waals surface area contributed by atoms with Crippen molar-refractivity contribution in [3.05, 3.63) is 172 Å². The van der Waals surface area contributed by atoms with Crippen molar-refractivity contribution < 1.29 is 26.3 Å². The van der Waals surface area contributed by atoms with Gasteiger partial charge in [0.05, 0.1) is 22.2 Å². The van der Waals surface area contributed by atoms with Crippen molar-refractivity contribution in [2.75, 3.05) is 0 Å². The zero-order chi connectivity index (χ0) is 38.1. The normalized spacial score (nSPS) is 12.1. The van der Waals surface area contributed by atoms with E-state index in [1.54, 1.807) is 12.1 Å². The minimum Gasteiger partial charge on any atom is -0.383 e. The van der Waals surface area contributed by atoms with E-state index in [1.165, 1.54) is 6.07 Å². The number of aliphatic imine (C=N–C) groups is 1. The molecule has 0 fully saturated rings. The summed E-state index contributed by atoms with van der Waals surface area (Å²) in [5.74, 6) is 0.534. The number of halogens is 6. The van der Waals surface area contributed by atoms with Gasteiger partial charge in [-0.3, -0.25) is 5.41 Å². The highest BCUT2D eigenvalue weighted by Crippen LogP contribution is 2.42. The number of nitrogens with zero attached hydrogens (tertiary/aromatic N) is 2. The number of hydrogen-bond acceptors (Lipinski definition) is 1. The van der Waals surface area contributed by atoms with Gasteiger partial charge in [0.1, 0.15) is 5.84 Å². The van der Waals surface area contributed by atoms with Crippen molar-refractivity contribution in [3.8, 4) is 16.8 Å². The molecule has 3 N–H and O–H groups in total. The summed E-state index contributed by atoms with van der Waals surface area (Å²) in [6, 6.07) is 37.5. The summed E-state index contributed by atoms with van der Waals surface area (Å²) in [7, 11) is 0. The summed E-state index contributed by atoms with van der Waals surface area (Å²) < 4.78 is 83.2. The highest BCUT2D eigenvalue weighted by atomic mass is 19.4. The van der Waals surface area contributed by atoms with Crippen molar-refractivity contribution in [1.29, 1.82) is 5.41 Å². The van der Waals surface area contributed by atoms with Crippen LogP contribution in [0.1, 0.15) is 38.9 Å². The van der Waals surface area contributed by atoms with E-state index in [9.17, 15) is 26.3 Å². The van der Waals surface area contributed by atoms with E-state index in [0.717, 1.165) is 55.7 Å². The van der Waals surface area contributed by atoms with Crippen LogP contribution in [0.15, 0.2) is 138 Å². The minimum atomic E-state index is -4.96. The third-order valence-corrected chi connectivity index (χ3v) is 8.84. The first-order valence-electron chi connectivity index (χ1n) is 16.6. The average Bonchev–Trinajstić information content (AvgIpc) is 3.43. The Morgan fingerprint density at radius 2 is 1.15 bits per heavy atom. The van der Waals surface area contributed by atoms with Gasteiger partial charge in [-0.2, -0.15) is 26.3 Å². The molecule has 0 radical (unpaired) electrons. The largest absolute Gasteiger partial charge is 0.417 e. The van der Waals surface area contributed by atoms with E-state index in [2.05, 4.69) is 4.99 Å². The fraction of sp³-hybridized carbons (Fsp3) is 0.116. The Labute approximate surface area is 302 Å². The second-order valence-corrected chi connectivity index (χ2v) is 12.7. The molecule has 7 aromatic rings. The maximum absolute atomic E-state index is 13.9. The Morgan fingerprint density at radius 3 is 1.68 bits per heavy atom. The van der Waals surface area contributed by atoms with Gasteiger partial charge in [-0.1, -0.05) is 103 Å². The Balaban J connectivity index is 0.000000236. The lowest BCUT2D eigenvalue weighted by Crippen LogP contribution is -2.15. The van der Waals surface area contributed by atoms with Crippen LogP contribution in [0.3, 0.4) is 0 Å². The molecule has 0 aliphatic heterocycles. The average molecular weight is 721 g/mol. The number of amidine groups is 2. The summed E-state index contributed by atoms with van der Waals surface area (Å²) >= 11 is 0. The smallest absolute Gasteiger partial charge is 0.383 e. The fourth-order valence-electron chi connectivity index (χ4n) is 6.18. The second kappa shape index (κ2) is 14.5. The van der Waals surface area contributed by atoms with E-state index in [4.69, 9.17) is 11.1 Å². The summed E-state index contributed by atoms with van der Waals surface area (Å²) in [5.41, 5.74) is 10.0. The Hall–Kier alpha value is -6.16. The van der Waals surface area contributed by atoms with Gasteiger partial charge in [0, 0.05) is 27.6 Å². The van der Waals surface area contributed by atoms with Crippen LogP contribution in [0.25, 0.3) is 38.6 Å². The maximum Gasteiger partial charge on any atom is 0.417 e. The Kier molecular flexibility index (Phi) is 9.99. The van der Waals surface area contributed by atoms with E-state index < -0.39 is 23.5 Å². The number of aryl methyl sites for hydroxylation is 3. The predicted octanol–water partition coefficient (Wildman–Crippen LogP) is 11.8. The summed E-state index contributed by atoms with van der Waals surface area (Å²) in [5, 5.41) is 9.85. The summed E-state index contributed by atoms with van der Waals surface area (Å²) in [4.78, 5) is 4.10. The molecule has 0 atom stereocenters. The first-order chi connectivity index (χ1) is 25.1. The third-order valence-electron chi connectivity index (χ3n) is 8.84.